The van der Waals surface area contributed by atoms with Crippen molar-refractivity contribution in [3.63, 3.8) is 0 Å². The van der Waals surface area contributed by atoms with E-state index >= 15 is 0 Å². The first-order valence-electron chi connectivity index (χ1n) is 9.57. The molecule has 1 fully saturated rings. The third-order valence-corrected chi connectivity index (χ3v) is 5.48. The van der Waals surface area contributed by atoms with E-state index in [0.29, 0.717) is 6.54 Å². The van der Waals surface area contributed by atoms with Gasteiger partial charge in [-0.3, -0.25) is 19.1 Å². The fourth-order valence-electron chi connectivity index (χ4n) is 4.29. The molecule has 6 heteroatoms. The molecule has 0 saturated heterocycles. The minimum atomic E-state index is -0.738. The summed E-state index contributed by atoms with van der Waals surface area (Å²) in [6.45, 7) is 8.12. The topological polar surface area (TPSA) is 81.1 Å². The summed E-state index contributed by atoms with van der Waals surface area (Å²) in [5, 5.41) is 7.08. The smallest absolute Gasteiger partial charge is 0.221 e. The molecule has 148 valence electrons. The number of hydrogen-bond donors (Lipinski definition) is 1. The molecular formula is C22H27N3O3. The molecule has 2 unspecified atom stereocenters. The van der Waals surface area contributed by atoms with Crippen LogP contribution in [0.1, 0.15) is 52.4 Å². The van der Waals surface area contributed by atoms with Crippen LogP contribution in [0, 0.1) is 33.6 Å². The lowest BCUT2D eigenvalue weighted by molar-refractivity contribution is -0.128. The Labute approximate surface area is 165 Å². The van der Waals surface area contributed by atoms with Crippen molar-refractivity contribution in [3.05, 3.63) is 51.8 Å². The van der Waals surface area contributed by atoms with Crippen molar-refractivity contribution in [1.29, 1.82) is 0 Å². The number of aryl methyl sites for hydroxylation is 5. The molecule has 1 aliphatic carbocycles. The number of benzene rings is 1. The summed E-state index contributed by atoms with van der Waals surface area (Å²) in [4.78, 5) is 37.9. The molecule has 1 aromatic carbocycles. The Morgan fingerprint density at radius 1 is 1.14 bits per heavy atom. The average Bonchev–Trinajstić information content (AvgIpc) is 3.04. The Hall–Kier alpha value is -2.76. The van der Waals surface area contributed by atoms with Crippen LogP contribution in [-0.4, -0.2) is 27.3 Å². The summed E-state index contributed by atoms with van der Waals surface area (Å²) < 4.78 is 1.72. The number of aromatic nitrogens is 2. The highest BCUT2D eigenvalue weighted by atomic mass is 16.2. The number of ketones is 2. The molecule has 1 heterocycles. The Morgan fingerprint density at radius 2 is 1.79 bits per heavy atom. The molecule has 1 amide bonds. The number of hydrogen-bond acceptors (Lipinski definition) is 4. The maximum atomic E-state index is 13.0. The molecule has 2 atom stereocenters. The van der Waals surface area contributed by atoms with Crippen molar-refractivity contribution in [1.82, 2.24) is 15.1 Å². The highest BCUT2D eigenvalue weighted by Gasteiger charge is 2.43. The van der Waals surface area contributed by atoms with Crippen molar-refractivity contribution < 1.29 is 14.4 Å². The molecule has 28 heavy (non-hydrogen) atoms. The number of Topliss-reactive ketones (excluding diaryl/α,β-unsaturated/α-hetero) is 2. The Bertz CT molecular complexity index is 935. The van der Waals surface area contributed by atoms with Crippen molar-refractivity contribution in [2.24, 2.45) is 13.0 Å². The lowest BCUT2D eigenvalue weighted by Crippen LogP contribution is -2.28. The van der Waals surface area contributed by atoms with Crippen LogP contribution in [0.4, 0.5) is 0 Å². The minimum absolute atomic E-state index is 0.0435. The number of nitrogens with zero attached hydrogens (tertiary/aromatic N) is 2. The predicted octanol–water partition coefficient (Wildman–Crippen LogP) is 2.60. The van der Waals surface area contributed by atoms with E-state index in [0.717, 1.165) is 33.6 Å². The third-order valence-electron chi connectivity index (χ3n) is 5.48. The molecule has 3 rings (SSSR count). The van der Waals surface area contributed by atoms with E-state index < -0.39 is 11.8 Å². The van der Waals surface area contributed by atoms with Crippen LogP contribution in [0.5, 0.6) is 0 Å². The molecule has 1 aliphatic rings. The van der Waals surface area contributed by atoms with Crippen LogP contribution in [0.25, 0.3) is 0 Å². The van der Waals surface area contributed by atoms with Gasteiger partial charge in [-0.1, -0.05) is 17.7 Å². The second-order valence-corrected chi connectivity index (χ2v) is 7.90. The van der Waals surface area contributed by atoms with E-state index in [1.165, 1.54) is 0 Å². The van der Waals surface area contributed by atoms with Crippen molar-refractivity contribution in [2.45, 2.75) is 53.0 Å². The molecule has 0 spiro atoms. The molecule has 1 N–H and O–H groups in total. The second-order valence-electron chi connectivity index (χ2n) is 7.90. The van der Waals surface area contributed by atoms with Gasteiger partial charge in [0.05, 0.1) is 17.9 Å². The summed E-state index contributed by atoms with van der Waals surface area (Å²) in [5.41, 5.74) is 5.62. The molecule has 6 nitrogen and oxygen atoms in total. The van der Waals surface area contributed by atoms with E-state index in [1.807, 2.05) is 52.9 Å². The van der Waals surface area contributed by atoms with Gasteiger partial charge in [0.2, 0.25) is 5.91 Å². The highest BCUT2D eigenvalue weighted by molar-refractivity contribution is 6.15. The molecular weight excluding hydrogens is 354 g/mol. The zero-order valence-corrected chi connectivity index (χ0v) is 17.1. The van der Waals surface area contributed by atoms with Crippen LogP contribution < -0.4 is 5.32 Å². The van der Waals surface area contributed by atoms with Crippen molar-refractivity contribution in [2.75, 3.05) is 0 Å². The predicted molar refractivity (Wildman–Crippen MR) is 106 cm³/mol. The normalized spacial score (nSPS) is 19.3. The molecule has 1 saturated carbocycles. The van der Waals surface area contributed by atoms with E-state index in [-0.39, 0.29) is 30.3 Å². The minimum Gasteiger partial charge on any atom is -0.350 e. The standard InChI is InChI=1S/C22H27N3O3/c1-12-6-13(2)20(14(3)7-12)21-18(26)9-16(22(21)28)10-19(27)23-11-17-8-15(4)24-25(17)5/h6-8,16,21H,9-11H2,1-5H3,(H,23,27). The quantitative estimate of drug-likeness (QED) is 0.807. The Kier molecular flexibility index (Phi) is 5.49. The maximum absolute atomic E-state index is 13.0. The SMILES string of the molecule is Cc1cc(C)c(C2C(=O)CC(CC(=O)NCc3cc(C)nn3C)C2=O)c(C)c1. The first kappa shape index (κ1) is 20.0. The van der Waals surface area contributed by atoms with Gasteiger partial charge in [0.1, 0.15) is 11.7 Å². The van der Waals surface area contributed by atoms with E-state index in [9.17, 15) is 14.4 Å². The van der Waals surface area contributed by atoms with Gasteiger partial charge in [-0.05, 0) is 50.5 Å². The maximum Gasteiger partial charge on any atom is 0.221 e. The highest BCUT2D eigenvalue weighted by Crippen LogP contribution is 2.37. The lowest BCUT2D eigenvalue weighted by Gasteiger charge is -2.16. The Balaban J connectivity index is 1.68. The second kappa shape index (κ2) is 7.70. The molecule has 2 aromatic rings. The first-order chi connectivity index (χ1) is 13.2. The van der Waals surface area contributed by atoms with E-state index in [2.05, 4.69) is 10.4 Å². The summed E-state index contributed by atoms with van der Waals surface area (Å²) in [6, 6.07) is 5.90. The monoisotopic (exact) mass is 381 g/mol. The molecule has 0 aliphatic heterocycles. The van der Waals surface area contributed by atoms with Crippen LogP contribution in [0.15, 0.2) is 18.2 Å². The summed E-state index contributed by atoms with van der Waals surface area (Å²) >= 11 is 0. The number of carbonyl (C=O) groups excluding carboxylic acids is 3. The number of amides is 1. The number of carbonyl (C=O) groups is 3. The first-order valence-corrected chi connectivity index (χ1v) is 9.57. The van der Waals surface area contributed by atoms with Gasteiger partial charge in [0.25, 0.3) is 0 Å². The van der Waals surface area contributed by atoms with Crippen LogP contribution in [0.2, 0.25) is 0 Å². The van der Waals surface area contributed by atoms with Crippen LogP contribution in [0.3, 0.4) is 0 Å². The zero-order chi connectivity index (χ0) is 20.6. The van der Waals surface area contributed by atoms with Gasteiger partial charge in [-0.15, -0.1) is 0 Å². The average molecular weight is 381 g/mol. The Morgan fingerprint density at radius 3 is 2.36 bits per heavy atom. The van der Waals surface area contributed by atoms with Gasteiger partial charge in [-0.2, -0.15) is 5.10 Å². The lowest BCUT2D eigenvalue weighted by atomic mass is 9.86. The van der Waals surface area contributed by atoms with Gasteiger partial charge in [-0.25, -0.2) is 0 Å². The van der Waals surface area contributed by atoms with Gasteiger partial charge in [0, 0.05) is 25.8 Å². The van der Waals surface area contributed by atoms with Crippen LogP contribution >= 0.6 is 0 Å². The molecule has 0 radical (unpaired) electrons. The number of rotatable bonds is 5. The van der Waals surface area contributed by atoms with Crippen LogP contribution in [-0.2, 0) is 28.0 Å². The zero-order valence-electron chi connectivity index (χ0n) is 17.1. The molecule has 0 bridgehead atoms. The van der Waals surface area contributed by atoms with Gasteiger partial charge < -0.3 is 5.32 Å². The largest absolute Gasteiger partial charge is 0.350 e. The summed E-state index contributed by atoms with van der Waals surface area (Å²) in [6.07, 6.45) is 0.177. The third kappa shape index (κ3) is 3.91. The number of nitrogens with one attached hydrogen (secondary N) is 1. The van der Waals surface area contributed by atoms with Crippen molar-refractivity contribution >= 4 is 17.5 Å². The van der Waals surface area contributed by atoms with Gasteiger partial charge >= 0.3 is 0 Å². The summed E-state index contributed by atoms with van der Waals surface area (Å²) in [7, 11) is 1.82. The molecule has 1 aromatic heterocycles. The fraction of sp³-hybridized carbons (Fsp3) is 0.455. The van der Waals surface area contributed by atoms with Crippen molar-refractivity contribution in [3.8, 4) is 0 Å². The van der Waals surface area contributed by atoms with E-state index in [1.54, 1.807) is 4.68 Å². The van der Waals surface area contributed by atoms with E-state index in [4.69, 9.17) is 0 Å². The summed E-state index contributed by atoms with van der Waals surface area (Å²) in [5.74, 6) is -1.72. The van der Waals surface area contributed by atoms with Gasteiger partial charge in [0.15, 0.2) is 5.78 Å². The fourth-order valence-corrected chi connectivity index (χ4v) is 4.29.